The predicted molar refractivity (Wildman–Crippen MR) is 137 cm³/mol. The van der Waals surface area contributed by atoms with E-state index < -0.39 is 0 Å². The molecular weight excluding hydrogens is 440 g/mol. The highest BCUT2D eigenvalue weighted by Gasteiger charge is 2.23. The number of aromatic nitrogens is 4. The van der Waals surface area contributed by atoms with Gasteiger partial charge in [0.15, 0.2) is 11.5 Å². The first-order chi connectivity index (χ1) is 17.2. The molecule has 9 nitrogen and oxygen atoms in total. The Bertz CT molecular complexity index is 1390. The van der Waals surface area contributed by atoms with Crippen LogP contribution in [0.1, 0.15) is 18.5 Å². The van der Waals surface area contributed by atoms with Crippen molar-refractivity contribution in [1.82, 2.24) is 19.9 Å². The lowest BCUT2D eigenvalue weighted by Gasteiger charge is -2.34. The zero-order chi connectivity index (χ0) is 24.2. The van der Waals surface area contributed by atoms with Crippen LogP contribution in [0.5, 0.6) is 5.75 Å². The fraction of sp³-hybridized carbons (Fsp3) is 0.269. The van der Waals surface area contributed by atoms with Gasteiger partial charge >= 0.3 is 0 Å². The average Bonchev–Trinajstić information content (AvgIpc) is 2.93. The SMILES string of the molecule is CNc1nccc(-c2cc(NC3CCN(c4nccnc4C#N)CC3)c3cc(OC)ccc3c2)n1. The molecule has 2 N–H and O–H groups in total. The van der Waals surface area contributed by atoms with Crippen molar-refractivity contribution in [3.8, 4) is 23.1 Å². The molecule has 0 aliphatic carbocycles. The molecule has 0 unspecified atom stereocenters. The Kier molecular flexibility index (Phi) is 6.26. The summed E-state index contributed by atoms with van der Waals surface area (Å²) in [5.41, 5.74) is 3.28. The third-order valence-corrected chi connectivity index (χ3v) is 6.28. The van der Waals surface area contributed by atoms with E-state index in [1.54, 1.807) is 25.7 Å². The molecule has 1 aliphatic heterocycles. The van der Waals surface area contributed by atoms with E-state index in [2.05, 4.69) is 65.8 Å². The normalized spacial score (nSPS) is 13.9. The number of benzene rings is 2. The zero-order valence-corrected chi connectivity index (χ0v) is 19.7. The minimum atomic E-state index is 0.274. The number of fused-ring (bicyclic) bond motifs is 1. The van der Waals surface area contributed by atoms with E-state index in [0.717, 1.165) is 59.4 Å². The quantitative estimate of drug-likeness (QED) is 0.434. The highest BCUT2D eigenvalue weighted by atomic mass is 16.5. The van der Waals surface area contributed by atoms with Crippen LogP contribution in [0.2, 0.25) is 0 Å². The Morgan fingerprint density at radius 3 is 2.63 bits per heavy atom. The monoisotopic (exact) mass is 466 g/mol. The Morgan fingerprint density at radius 1 is 1.03 bits per heavy atom. The van der Waals surface area contributed by atoms with Gasteiger partial charge in [0.05, 0.1) is 12.8 Å². The number of piperidine rings is 1. The van der Waals surface area contributed by atoms with Gasteiger partial charge in [-0.05, 0) is 48.6 Å². The fourth-order valence-corrected chi connectivity index (χ4v) is 4.47. The van der Waals surface area contributed by atoms with E-state index in [9.17, 15) is 5.26 Å². The number of nitrogens with one attached hydrogen (secondary N) is 2. The number of methoxy groups -OCH3 is 1. The first kappa shape index (κ1) is 22.3. The summed E-state index contributed by atoms with van der Waals surface area (Å²) in [5.74, 6) is 2.06. The molecule has 1 saturated heterocycles. The largest absolute Gasteiger partial charge is 0.497 e. The minimum Gasteiger partial charge on any atom is -0.497 e. The molecule has 3 heterocycles. The molecule has 35 heavy (non-hydrogen) atoms. The predicted octanol–water partition coefficient (Wildman–Crippen LogP) is 4.09. The van der Waals surface area contributed by atoms with Crippen LogP contribution in [0.3, 0.4) is 0 Å². The first-order valence-electron chi connectivity index (χ1n) is 11.5. The number of hydrogen-bond donors (Lipinski definition) is 2. The van der Waals surface area contributed by atoms with Gasteiger partial charge < -0.3 is 20.3 Å². The summed E-state index contributed by atoms with van der Waals surface area (Å²) in [6, 6.07) is 14.7. The molecule has 5 rings (SSSR count). The summed E-state index contributed by atoms with van der Waals surface area (Å²) in [4.78, 5) is 19.6. The van der Waals surface area contributed by atoms with E-state index in [4.69, 9.17) is 4.74 Å². The summed E-state index contributed by atoms with van der Waals surface area (Å²) in [6.07, 6.45) is 6.78. The van der Waals surface area contributed by atoms with Crippen LogP contribution in [0.4, 0.5) is 17.5 Å². The molecule has 0 atom stereocenters. The van der Waals surface area contributed by atoms with Crippen molar-refractivity contribution in [2.24, 2.45) is 0 Å². The molecular formula is C26H26N8O. The van der Waals surface area contributed by atoms with Gasteiger partial charge in [-0.15, -0.1) is 0 Å². The molecule has 0 saturated carbocycles. The zero-order valence-electron chi connectivity index (χ0n) is 19.7. The number of hydrogen-bond acceptors (Lipinski definition) is 9. The van der Waals surface area contributed by atoms with Gasteiger partial charge in [0.2, 0.25) is 5.95 Å². The van der Waals surface area contributed by atoms with Crippen molar-refractivity contribution in [3.05, 3.63) is 60.7 Å². The molecule has 0 amide bonds. The molecule has 0 bridgehead atoms. The van der Waals surface area contributed by atoms with Crippen molar-refractivity contribution in [2.45, 2.75) is 18.9 Å². The molecule has 2 aromatic heterocycles. The van der Waals surface area contributed by atoms with Crippen LogP contribution >= 0.6 is 0 Å². The lowest BCUT2D eigenvalue weighted by atomic mass is 9.99. The Hall–Kier alpha value is -4.45. The van der Waals surface area contributed by atoms with Gasteiger partial charge in [0.1, 0.15) is 11.8 Å². The van der Waals surface area contributed by atoms with Gasteiger partial charge in [-0.1, -0.05) is 6.07 Å². The fourth-order valence-electron chi connectivity index (χ4n) is 4.47. The first-order valence-corrected chi connectivity index (χ1v) is 11.5. The second-order valence-corrected chi connectivity index (χ2v) is 8.37. The molecule has 2 aromatic carbocycles. The van der Waals surface area contributed by atoms with Crippen molar-refractivity contribution < 1.29 is 4.74 Å². The van der Waals surface area contributed by atoms with Crippen molar-refractivity contribution in [3.63, 3.8) is 0 Å². The standard InChI is InChI=1S/C26H26N8O/c1-28-26-31-8-5-22(33-26)18-13-17-3-4-20(35-2)15-21(17)23(14-18)32-19-6-11-34(12-7-19)25-24(16-27)29-9-10-30-25/h3-5,8-10,13-15,19,32H,6-7,11-12H2,1-2H3,(H,28,31,33). The molecule has 0 spiro atoms. The number of ether oxygens (including phenoxy) is 1. The van der Waals surface area contributed by atoms with Gasteiger partial charge in [-0.3, -0.25) is 0 Å². The van der Waals surface area contributed by atoms with Gasteiger partial charge in [-0.2, -0.15) is 5.26 Å². The topological polar surface area (TPSA) is 112 Å². The smallest absolute Gasteiger partial charge is 0.222 e. The van der Waals surface area contributed by atoms with E-state index in [-0.39, 0.29) is 6.04 Å². The van der Waals surface area contributed by atoms with Crippen LogP contribution in [-0.4, -0.2) is 53.2 Å². The minimum absolute atomic E-state index is 0.274. The number of nitrogens with zero attached hydrogens (tertiary/aromatic N) is 6. The van der Waals surface area contributed by atoms with Gasteiger partial charge in [0.25, 0.3) is 0 Å². The lowest BCUT2D eigenvalue weighted by molar-refractivity contribution is 0.415. The summed E-state index contributed by atoms with van der Waals surface area (Å²) in [6.45, 7) is 1.59. The van der Waals surface area contributed by atoms with Crippen LogP contribution in [0.15, 0.2) is 55.0 Å². The molecule has 0 radical (unpaired) electrons. The number of rotatable bonds is 6. The number of nitriles is 1. The maximum Gasteiger partial charge on any atom is 0.222 e. The third-order valence-electron chi connectivity index (χ3n) is 6.28. The maximum atomic E-state index is 9.38. The second kappa shape index (κ2) is 9.81. The van der Waals surface area contributed by atoms with Crippen LogP contribution in [-0.2, 0) is 0 Å². The lowest BCUT2D eigenvalue weighted by Crippen LogP contribution is -2.40. The summed E-state index contributed by atoms with van der Waals surface area (Å²) in [7, 11) is 3.49. The van der Waals surface area contributed by atoms with E-state index in [1.807, 2.05) is 19.2 Å². The highest BCUT2D eigenvalue weighted by molar-refractivity contribution is 5.98. The molecule has 1 aliphatic rings. The number of anilines is 3. The molecule has 176 valence electrons. The summed E-state index contributed by atoms with van der Waals surface area (Å²) < 4.78 is 5.49. The third kappa shape index (κ3) is 4.64. The molecule has 1 fully saturated rings. The van der Waals surface area contributed by atoms with Crippen LogP contribution < -0.4 is 20.3 Å². The van der Waals surface area contributed by atoms with Gasteiger partial charge in [0, 0.05) is 61.4 Å². The highest BCUT2D eigenvalue weighted by Crippen LogP contribution is 2.34. The Morgan fingerprint density at radius 2 is 1.86 bits per heavy atom. The van der Waals surface area contributed by atoms with E-state index in [0.29, 0.717) is 17.5 Å². The Balaban J connectivity index is 1.43. The van der Waals surface area contributed by atoms with Gasteiger partial charge in [-0.25, -0.2) is 19.9 Å². The van der Waals surface area contributed by atoms with Crippen molar-refractivity contribution in [2.75, 3.05) is 42.8 Å². The summed E-state index contributed by atoms with van der Waals surface area (Å²) in [5, 5.41) is 18.4. The van der Waals surface area contributed by atoms with Crippen LogP contribution in [0, 0.1) is 11.3 Å². The van der Waals surface area contributed by atoms with E-state index in [1.165, 1.54) is 0 Å². The average molecular weight is 467 g/mol. The van der Waals surface area contributed by atoms with E-state index >= 15 is 0 Å². The molecule has 4 aromatic rings. The summed E-state index contributed by atoms with van der Waals surface area (Å²) >= 11 is 0. The maximum absolute atomic E-state index is 9.38. The Labute approximate surface area is 203 Å². The van der Waals surface area contributed by atoms with Crippen molar-refractivity contribution >= 4 is 28.2 Å². The van der Waals surface area contributed by atoms with Crippen LogP contribution in [0.25, 0.3) is 22.0 Å². The molecule has 9 heteroatoms. The van der Waals surface area contributed by atoms with Crippen molar-refractivity contribution in [1.29, 1.82) is 5.26 Å². The second-order valence-electron chi connectivity index (χ2n) is 8.37.